The van der Waals surface area contributed by atoms with Gasteiger partial charge >= 0.3 is 0 Å². The van der Waals surface area contributed by atoms with Crippen LogP contribution in [0.2, 0.25) is 0 Å². The van der Waals surface area contributed by atoms with Crippen molar-refractivity contribution in [2.24, 2.45) is 11.8 Å². The second-order valence-corrected chi connectivity index (χ2v) is 5.48. The van der Waals surface area contributed by atoms with E-state index in [0.717, 1.165) is 24.2 Å². The Labute approximate surface area is 115 Å². The van der Waals surface area contributed by atoms with E-state index < -0.39 is 0 Å². The van der Waals surface area contributed by atoms with Crippen LogP contribution in [0.1, 0.15) is 38.3 Å². The first-order valence-electron chi connectivity index (χ1n) is 6.91. The summed E-state index contributed by atoms with van der Waals surface area (Å²) in [5.74, 6) is 7.00. The molecule has 1 aromatic carbocycles. The lowest BCUT2D eigenvalue weighted by Gasteiger charge is -2.29. The molecule has 2 rings (SSSR count). The topological polar surface area (TPSA) is 56.5 Å². The number of hydrogen-bond acceptors (Lipinski definition) is 4. The van der Waals surface area contributed by atoms with Crippen molar-refractivity contribution in [2.75, 3.05) is 7.11 Å². The third-order valence-corrected chi connectivity index (χ3v) is 3.48. The third-order valence-electron chi connectivity index (χ3n) is 3.48. The monoisotopic (exact) mass is 264 g/mol. The molecule has 1 fully saturated rings. The van der Waals surface area contributed by atoms with Gasteiger partial charge in [-0.25, -0.2) is 0 Å². The molecule has 0 aromatic heterocycles. The van der Waals surface area contributed by atoms with Crippen LogP contribution in [0.5, 0.6) is 5.75 Å². The largest absolute Gasteiger partial charge is 0.490 e. The highest BCUT2D eigenvalue weighted by Gasteiger charge is 2.27. The van der Waals surface area contributed by atoms with Gasteiger partial charge in [0.2, 0.25) is 0 Å². The molecule has 0 aliphatic heterocycles. The van der Waals surface area contributed by atoms with E-state index in [4.69, 9.17) is 15.3 Å². The van der Waals surface area contributed by atoms with Gasteiger partial charge in [-0.3, -0.25) is 11.3 Å². The van der Waals surface area contributed by atoms with Gasteiger partial charge in [-0.15, -0.1) is 0 Å². The molecule has 0 bridgehead atoms. The smallest absolute Gasteiger partial charge is 0.120 e. The van der Waals surface area contributed by atoms with E-state index in [-0.39, 0.29) is 12.1 Å². The van der Waals surface area contributed by atoms with Crippen molar-refractivity contribution in [3.63, 3.8) is 0 Å². The van der Waals surface area contributed by atoms with Crippen molar-refractivity contribution in [3.8, 4) is 5.75 Å². The predicted octanol–water partition coefficient (Wildman–Crippen LogP) is 2.40. The maximum atomic E-state index is 5.83. The van der Waals surface area contributed by atoms with Gasteiger partial charge in [-0.2, -0.15) is 0 Å². The van der Waals surface area contributed by atoms with Gasteiger partial charge in [-0.1, -0.05) is 26.0 Å². The van der Waals surface area contributed by atoms with Crippen molar-refractivity contribution in [3.05, 3.63) is 29.8 Å². The van der Waals surface area contributed by atoms with Crippen LogP contribution in [-0.2, 0) is 4.74 Å². The van der Waals surface area contributed by atoms with Crippen LogP contribution in [0, 0.1) is 5.92 Å². The Morgan fingerprint density at radius 2 is 2.05 bits per heavy atom. The number of benzene rings is 1. The van der Waals surface area contributed by atoms with Crippen LogP contribution in [0.3, 0.4) is 0 Å². The Morgan fingerprint density at radius 1 is 1.32 bits per heavy atom. The molecule has 0 heterocycles. The minimum atomic E-state index is -0.0345. The average Bonchev–Trinajstić information content (AvgIpc) is 3.19. The molecule has 4 nitrogen and oxygen atoms in total. The predicted molar refractivity (Wildman–Crippen MR) is 75.8 cm³/mol. The van der Waals surface area contributed by atoms with E-state index >= 15 is 0 Å². The highest BCUT2D eigenvalue weighted by atomic mass is 16.5. The molecule has 106 valence electrons. The van der Waals surface area contributed by atoms with E-state index in [2.05, 4.69) is 31.4 Å². The minimum Gasteiger partial charge on any atom is -0.490 e. The van der Waals surface area contributed by atoms with Gasteiger partial charge in [0.1, 0.15) is 5.75 Å². The van der Waals surface area contributed by atoms with E-state index in [1.165, 1.54) is 0 Å². The number of methoxy groups -OCH3 is 1. The molecule has 4 heteroatoms. The second-order valence-electron chi connectivity index (χ2n) is 5.48. The standard InChI is InChI=1S/C15H24N2O2/c1-10(2)15(18-3)14(17-16)11-5-4-6-13(9-11)19-12-7-8-12/h4-6,9-10,12,14-15,17H,7-8,16H2,1-3H3. The SMILES string of the molecule is COC(C(C)C)C(NN)c1cccc(OC2CC2)c1. The fourth-order valence-electron chi connectivity index (χ4n) is 2.33. The summed E-state index contributed by atoms with van der Waals surface area (Å²) < 4.78 is 11.4. The molecule has 1 saturated carbocycles. The molecule has 2 unspecified atom stereocenters. The lowest BCUT2D eigenvalue weighted by Crippen LogP contribution is -2.40. The molecular formula is C15H24N2O2. The molecule has 3 N–H and O–H groups in total. The Kier molecular flexibility index (Phi) is 4.80. The molecule has 1 aliphatic carbocycles. The zero-order valence-electron chi connectivity index (χ0n) is 11.9. The van der Waals surface area contributed by atoms with E-state index in [0.29, 0.717) is 12.0 Å². The first kappa shape index (κ1) is 14.3. The summed E-state index contributed by atoms with van der Waals surface area (Å²) >= 11 is 0. The summed E-state index contributed by atoms with van der Waals surface area (Å²) in [4.78, 5) is 0. The summed E-state index contributed by atoms with van der Waals surface area (Å²) in [5, 5.41) is 0. The molecule has 1 aromatic rings. The van der Waals surface area contributed by atoms with Crippen LogP contribution in [0.15, 0.2) is 24.3 Å². The lowest BCUT2D eigenvalue weighted by molar-refractivity contribution is 0.0325. The van der Waals surface area contributed by atoms with Crippen LogP contribution in [0.25, 0.3) is 0 Å². The van der Waals surface area contributed by atoms with Gasteiger partial charge in [0.25, 0.3) is 0 Å². The maximum Gasteiger partial charge on any atom is 0.120 e. The molecule has 0 amide bonds. The summed E-state index contributed by atoms with van der Waals surface area (Å²) in [5.41, 5.74) is 3.96. The van der Waals surface area contributed by atoms with Gasteiger partial charge in [-0.05, 0) is 36.5 Å². The maximum absolute atomic E-state index is 5.83. The van der Waals surface area contributed by atoms with E-state index in [1.54, 1.807) is 7.11 Å². The zero-order valence-corrected chi connectivity index (χ0v) is 11.9. The Morgan fingerprint density at radius 3 is 2.58 bits per heavy atom. The number of hydrazine groups is 1. The Balaban J connectivity index is 2.16. The highest BCUT2D eigenvalue weighted by Crippen LogP contribution is 2.30. The van der Waals surface area contributed by atoms with Gasteiger partial charge in [0, 0.05) is 7.11 Å². The van der Waals surface area contributed by atoms with Gasteiger partial charge in [0.15, 0.2) is 0 Å². The summed E-state index contributed by atoms with van der Waals surface area (Å²) in [6.07, 6.45) is 2.76. The van der Waals surface area contributed by atoms with Gasteiger partial charge < -0.3 is 9.47 Å². The fourth-order valence-corrected chi connectivity index (χ4v) is 2.33. The van der Waals surface area contributed by atoms with Crippen LogP contribution in [0.4, 0.5) is 0 Å². The number of rotatable bonds is 7. The molecule has 2 atom stereocenters. The van der Waals surface area contributed by atoms with Crippen molar-refractivity contribution >= 4 is 0 Å². The van der Waals surface area contributed by atoms with Crippen LogP contribution < -0.4 is 16.0 Å². The molecule has 1 aliphatic rings. The summed E-state index contributed by atoms with van der Waals surface area (Å²) in [7, 11) is 1.72. The molecule has 19 heavy (non-hydrogen) atoms. The fraction of sp³-hybridized carbons (Fsp3) is 0.600. The average molecular weight is 264 g/mol. The Hall–Kier alpha value is -1.10. The van der Waals surface area contributed by atoms with Crippen LogP contribution in [-0.4, -0.2) is 19.3 Å². The quantitative estimate of drug-likeness (QED) is 0.586. The summed E-state index contributed by atoms with van der Waals surface area (Å²) in [6, 6.07) is 8.07. The van der Waals surface area contributed by atoms with Gasteiger partial charge in [0.05, 0.1) is 18.2 Å². The van der Waals surface area contributed by atoms with Crippen molar-refractivity contribution in [1.29, 1.82) is 0 Å². The van der Waals surface area contributed by atoms with Crippen molar-refractivity contribution in [2.45, 2.75) is 44.9 Å². The third kappa shape index (κ3) is 3.69. The first-order valence-corrected chi connectivity index (χ1v) is 6.91. The van der Waals surface area contributed by atoms with Crippen molar-refractivity contribution < 1.29 is 9.47 Å². The van der Waals surface area contributed by atoms with E-state index in [1.807, 2.05) is 12.1 Å². The molecule has 0 radical (unpaired) electrons. The minimum absolute atomic E-state index is 0.0289. The number of hydrogen-bond donors (Lipinski definition) is 2. The highest BCUT2D eigenvalue weighted by molar-refractivity contribution is 5.31. The zero-order chi connectivity index (χ0) is 13.8. The number of nitrogens with one attached hydrogen (secondary N) is 1. The molecule has 0 spiro atoms. The van der Waals surface area contributed by atoms with Crippen LogP contribution >= 0.6 is 0 Å². The second kappa shape index (κ2) is 6.37. The number of nitrogens with two attached hydrogens (primary N) is 1. The molecule has 0 saturated heterocycles. The first-order chi connectivity index (χ1) is 9.15. The van der Waals surface area contributed by atoms with Crippen molar-refractivity contribution in [1.82, 2.24) is 5.43 Å². The normalized spacial score (nSPS) is 18.4. The lowest BCUT2D eigenvalue weighted by atomic mass is 9.94. The number of ether oxygens (including phenoxy) is 2. The molecular weight excluding hydrogens is 240 g/mol. The Bertz CT molecular complexity index is 405. The summed E-state index contributed by atoms with van der Waals surface area (Å²) in [6.45, 7) is 4.26. The van der Waals surface area contributed by atoms with E-state index in [9.17, 15) is 0 Å².